The fourth-order valence-electron chi connectivity index (χ4n) is 2.83. The summed E-state index contributed by atoms with van der Waals surface area (Å²) in [5.74, 6) is -0.0489. The minimum Gasteiger partial charge on any atom is -0.337 e. The second-order valence-corrected chi connectivity index (χ2v) is 5.64. The number of nitrogens with zero attached hydrogens (tertiary/aromatic N) is 5. The van der Waals surface area contributed by atoms with Crippen LogP contribution < -0.4 is 5.73 Å². The Morgan fingerprint density at radius 1 is 1.43 bits per heavy atom. The zero-order valence-electron chi connectivity index (χ0n) is 13.0. The average molecular weight is 294 g/mol. The number of hydrogen-bond acceptors (Lipinski definition) is 5. The zero-order valence-corrected chi connectivity index (χ0v) is 13.0. The largest absolute Gasteiger partial charge is 0.337 e. The van der Waals surface area contributed by atoms with Gasteiger partial charge in [-0.05, 0) is 25.8 Å². The van der Waals surface area contributed by atoms with Gasteiger partial charge in [-0.1, -0.05) is 12.1 Å². The van der Waals surface area contributed by atoms with Gasteiger partial charge in [0.05, 0.1) is 12.7 Å². The Morgan fingerprint density at radius 2 is 2.14 bits per heavy atom. The van der Waals surface area contributed by atoms with E-state index in [0.717, 1.165) is 32.5 Å². The van der Waals surface area contributed by atoms with Crippen LogP contribution >= 0.6 is 0 Å². The molecule has 0 aromatic carbocycles. The predicted octanol–water partition coefficient (Wildman–Crippen LogP) is 0.183. The van der Waals surface area contributed by atoms with Crippen LogP contribution in [-0.4, -0.2) is 70.0 Å². The molecular formula is C14H26N6O. The molecule has 1 amide bonds. The lowest BCUT2D eigenvalue weighted by Gasteiger charge is -2.36. The van der Waals surface area contributed by atoms with Crippen molar-refractivity contribution >= 4 is 5.91 Å². The number of hydrogen-bond donors (Lipinski definition) is 1. The number of rotatable bonds is 6. The van der Waals surface area contributed by atoms with Crippen LogP contribution in [0.5, 0.6) is 0 Å². The highest BCUT2D eigenvalue weighted by Crippen LogP contribution is 2.17. The maximum absolute atomic E-state index is 12.4. The lowest BCUT2D eigenvalue weighted by Crippen LogP contribution is -2.45. The first-order valence-electron chi connectivity index (χ1n) is 7.75. The summed E-state index contributed by atoms with van der Waals surface area (Å²) in [6, 6.07) is 0.297. The van der Waals surface area contributed by atoms with E-state index in [1.54, 1.807) is 10.9 Å². The molecule has 1 aromatic rings. The van der Waals surface area contributed by atoms with Gasteiger partial charge in [0.1, 0.15) is 0 Å². The molecule has 0 unspecified atom stereocenters. The number of amides is 1. The van der Waals surface area contributed by atoms with Gasteiger partial charge in [-0.25, -0.2) is 0 Å². The summed E-state index contributed by atoms with van der Waals surface area (Å²) in [4.78, 5) is 16.7. The van der Waals surface area contributed by atoms with Crippen LogP contribution in [0, 0.1) is 0 Å². The highest BCUT2D eigenvalue weighted by Gasteiger charge is 2.26. The summed E-state index contributed by atoms with van der Waals surface area (Å²) in [5.41, 5.74) is 5.88. The third-order valence-corrected chi connectivity index (χ3v) is 4.08. The van der Waals surface area contributed by atoms with Crippen LogP contribution in [0.4, 0.5) is 0 Å². The molecule has 7 heteroatoms. The minimum absolute atomic E-state index is 0.0489. The Kier molecular flexibility index (Phi) is 5.69. The fraction of sp³-hybridized carbons (Fsp3) is 0.786. The van der Waals surface area contributed by atoms with Crippen molar-refractivity contribution in [3.05, 3.63) is 11.9 Å². The van der Waals surface area contributed by atoms with Crippen LogP contribution in [0.15, 0.2) is 6.20 Å². The lowest BCUT2D eigenvalue weighted by molar-refractivity contribution is 0.0637. The standard InChI is InChI=1S/C14H26N6O/c1-3-7-19-8-4-12(5-9-19)18(2)14(21)13-11-20(10-6-15)17-16-13/h11-12H,3-10,15H2,1-2H3. The summed E-state index contributed by atoms with van der Waals surface area (Å²) in [6.45, 7) is 6.55. The van der Waals surface area contributed by atoms with E-state index in [1.807, 2.05) is 11.9 Å². The second kappa shape index (κ2) is 7.51. The molecule has 118 valence electrons. The number of aromatic nitrogens is 3. The number of carbonyl (C=O) groups is 1. The van der Waals surface area contributed by atoms with Crippen molar-refractivity contribution in [2.45, 2.75) is 38.8 Å². The molecule has 1 aromatic heterocycles. The second-order valence-electron chi connectivity index (χ2n) is 5.64. The van der Waals surface area contributed by atoms with Crippen molar-refractivity contribution in [1.29, 1.82) is 0 Å². The molecule has 0 radical (unpaired) electrons. The molecule has 0 saturated carbocycles. The van der Waals surface area contributed by atoms with Crippen molar-refractivity contribution in [1.82, 2.24) is 24.8 Å². The maximum atomic E-state index is 12.4. The Labute approximate surface area is 126 Å². The normalized spacial score (nSPS) is 17.1. The predicted molar refractivity (Wildman–Crippen MR) is 80.9 cm³/mol. The third kappa shape index (κ3) is 4.01. The molecule has 0 atom stereocenters. The first-order valence-corrected chi connectivity index (χ1v) is 7.75. The molecule has 1 fully saturated rings. The fourth-order valence-corrected chi connectivity index (χ4v) is 2.83. The van der Waals surface area contributed by atoms with Gasteiger partial charge in [-0.15, -0.1) is 5.10 Å². The SMILES string of the molecule is CCCN1CCC(N(C)C(=O)c2cn(CCN)nn2)CC1. The van der Waals surface area contributed by atoms with Gasteiger partial charge in [0.2, 0.25) is 0 Å². The molecule has 1 aliphatic rings. The van der Waals surface area contributed by atoms with E-state index in [0.29, 0.717) is 24.8 Å². The van der Waals surface area contributed by atoms with Crippen LogP contribution in [0.25, 0.3) is 0 Å². The molecular weight excluding hydrogens is 268 g/mol. The van der Waals surface area contributed by atoms with Gasteiger partial charge < -0.3 is 15.5 Å². The quantitative estimate of drug-likeness (QED) is 0.810. The summed E-state index contributed by atoms with van der Waals surface area (Å²) in [6.07, 6.45) is 4.92. The lowest BCUT2D eigenvalue weighted by atomic mass is 10.0. The Hall–Kier alpha value is -1.47. The van der Waals surface area contributed by atoms with Crippen molar-refractivity contribution in [2.75, 3.05) is 33.2 Å². The third-order valence-electron chi connectivity index (χ3n) is 4.08. The van der Waals surface area contributed by atoms with E-state index in [1.165, 1.54) is 6.42 Å². The van der Waals surface area contributed by atoms with Crippen LogP contribution in [-0.2, 0) is 6.54 Å². The molecule has 2 rings (SSSR count). The maximum Gasteiger partial charge on any atom is 0.276 e. The number of carbonyl (C=O) groups excluding carboxylic acids is 1. The van der Waals surface area contributed by atoms with E-state index in [9.17, 15) is 4.79 Å². The summed E-state index contributed by atoms with van der Waals surface area (Å²) >= 11 is 0. The molecule has 2 N–H and O–H groups in total. The topological polar surface area (TPSA) is 80.3 Å². The summed E-state index contributed by atoms with van der Waals surface area (Å²) in [5, 5.41) is 7.87. The minimum atomic E-state index is -0.0489. The Morgan fingerprint density at radius 3 is 2.76 bits per heavy atom. The molecule has 1 aliphatic heterocycles. The van der Waals surface area contributed by atoms with Crippen molar-refractivity contribution < 1.29 is 4.79 Å². The number of piperidine rings is 1. The molecule has 0 bridgehead atoms. The smallest absolute Gasteiger partial charge is 0.276 e. The van der Waals surface area contributed by atoms with E-state index in [-0.39, 0.29) is 5.91 Å². The highest BCUT2D eigenvalue weighted by molar-refractivity contribution is 5.91. The van der Waals surface area contributed by atoms with E-state index < -0.39 is 0 Å². The monoisotopic (exact) mass is 294 g/mol. The van der Waals surface area contributed by atoms with Gasteiger partial charge >= 0.3 is 0 Å². The average Bonchev–Trinajstić information content (AvgIpc) is 2.96. The van der Waals surface area contributed by atoms with E-state index >= 15 is 0 Å². The van der Waals surface area contributed by atoms with Crippen LogP contribution in [0.1, 0.15) is 36.7 Å². The Bertz CT molecular complexity index is 452. The number of likely N-dealkylation sites (tertiary alicyclic amines) is 1. The van der Waals surface area contributed by atoms with Crippen molar-refractivity contribution in [3.8, 4) is 0 Å². The van der Waals surface area contributed by atoms with Gasteiger partial charge in [-0.3, -0.25) is 9.48 Å². The molecule has 21 heavy (non-hydrogen) atoms. The van der Waals surface area contributed by atoms with E-state index in [4.69, 9.17) is 5.73 Å². The first-order chi connectivity index (χ1) is 10.2. The van der Waals surface area contributed by atoms with Crippen molar-refractivity contribution in [2.24, 2.45) is 5.73 Å². The highest BCUT2D eigenvalue weighted by atomic mass is 16.2. The Balaban J connectivity index is 1.90. The van der Waals surface area contributed by atoms with Gasteiger partial charge in [0.25, 0.3) is 5.91 Å². The molecule has 0 aliphatic carbocycles. The molecule has 7 nitrogen and oxygen atoms in total. The van der Waals surface area contributed by atoms with E-state index in [2.05, 4.69) is 22.1 Å². The van der Waals surface area contributed by atoms with Gasteiger partial charge in [0.15, 0.2) is 5.69 Å². The molecule has 2 heterocycles. The zero-order chi connectivity index (χ0) is 15.2. The van der Waals surface area contributed by atoms with Gasteiger partial charge in [0, 0.05) is 32.7 Å². The van der Waals surface area contributed by atoms with Crippen LogP contribution in [0.2, 0.25) is 0 Å². The summed E-state index contributed by atoms with van der Waals surface area (Å²) in [7, 11) is 1.87. The summed E-state index contributed by atoms with van der Waals surface area (Å²) < 4.78 is 1.62. The molecule has 1 saturated heterocycles. The van der Waals surface area contributed by atoms with Gasteiger partial charge in [-0.2, -0.15) is 0 Å². The molecule has 0 spiro atoms. The van der Waals surface area contributed by atoms with Crippen molar-refractivity contribution in [3.63, 3.8) is 0 Å². The first kappa shape index (κ1) is 15.9. The van der Waals surface area contributed by atoms with Crippen LogP contribution in [0.3, 0.4) is 0 Å². The number of nitrogens with two attached hydrogens (primary N) is 1.